The first-order valence-corrected chi connectivity index (χ1v) is 7.22. The third kappa shape index (κ3) is 2.95. The maximum absolute atomic E-state index is 12.3. The van der Waals surface area contributed by atoms with E-state index in [0.717, 1.165) is 5.56 Å². The molecule has 1 amide bonds. The molecular formula is C15H13N3O2S. The number of furan rings is 1. The van der Waals surface area contributed by atoms with Crippen molar-refractivity contribution in [2.45, 2.75) is 6.04 Å². The normalized spacial score (nSPS) is 12.0. The van der Waals surface area contributed by atoms with Gasteiger partial charge >= 0.3 is 0 Å². The van der Waals surface area contributed by atoms with E-state index in [1.807, 2.05) is 36.4 Å². The first-order valence-electron chi connectivity index (χ1n) is 6.34. The van der Waals surface area contributed by atoms with Crippen LogP contribution in [-0.4, -0.2) is 10.9 Å². The predicted octanol–water partition coefficient (Wildman–Crippen LogP) is 2.84. The molecule has 106 valence electrons. The lowest BCUT2D eigenvalue weighted by Crippen LogP contribution is -2.29. The number of nitrogens with one attached hydrogen (secondary N) is 1. The number of nitrogens with two attached hydrogens (primary N) is 1. The van der Waals surface area contributed by atoms with E-state index in [9.17, 15) is 4.79 Å². The number of thiazole rings is 1. The van der Waals surface area contributed by atoms with Crippen LogP contribution in [0, 0.1) is 0 Å². The summed E-state index contributed by atoms with van der Waals surface area (Å²) in [5.74, 6) is 0.381. The van der Waals surface area contributed by atoms with Gasteiger partial charge in [0, 0.05) is 5.38 Å². The lowest BCUT2D eigenvalue weighted by Gasteiger charge is -2.16. The zero-order valence-corrected chi connectivity index (χ0v) is 11.8. The van der Waals surface area contributed by atoms with Crippen LogP contribution in [0.3, 0.4) is 0 Å². The Morgan fingerprint density at radius 1 is 1.24 bits per heavy atom. The average Bonchev–Trinajstić information content (AvgIpc) is 3.17. The number of nitrogen functional groups attached to an aromatic ring is 1. The molecule has 0 saturated heterocycles. The molecule has 21 heavy (non-hydrogen) atoms. The molecule has 1 aromatic carbocycles. The summed E-state index contributed by atoms with van der Waals surface area (Å²) >= 11 is 1.24. The maximum Gasteiger partial charge on any atom is 0.271 e. The smallest absolute Gasteiger partial charge is 0.271 e. The Hall–Kier alpha value is -2.60. The van der Waals surface area contributed by atoms with Crippen molar-refractivity contribution in [1.82, 2.24) is 10.3 Å². The summed E-state index contributed by atoms with van der Waals surface area (Å²) in [6, 6.07) is 12.9. The fourth-order valence-corrected chi connectivity index (χ4v) is 2.56. The van der Waals surface area contributed by atoms with Crippen molar-refractivity contribution < 1.29 is 9.21 Å². The third-order valence-electron chi connectivity index (χ3n) is 2.99. The Kier molecular flexibility index (Phi) is 3.70. The second-order valence-corrected chi connectivity index (χ2v) is 5.29. The molecule has 0 bridgehead atoms. The van der Waals surface area contributed by atoms with Gasteiger partial charge in [-0.15, -0.1) is 11.3 Å². The first-order chi connectivity index (χ1) is 10.2. The lowest BCUT2D eigenvalue weighted by atomic mass is 10.0. The summed E-state index contributed by atoms with van der Waals surface area (Å²) in [6.45, 7) is 0. The van der Waals surface area contributed by atoms with E-state index in [1.54, 1.807) is 17.7 Å². The van der Waals surface area contributed by atoms with Gasteiger partial charge in [0.2, 0.25) is 0 Å². The molecule has 2 aromatic heterocycles. The number of rotatable bonds is 4. The molecular weight excluding hydrogens is 286 g/mol. The molecule has 0 aliphatic rings. The molecule has 0 fully saturated rings. The molecule has 0 spiro atoms. The summed E-state index contributed by atoms with van der Waals surface area (Å²) in [6.07, 6.45) is 1.58. The summed E-state index contributed by atoms with van der Waals surface area (Å²) in [5.41, 5.74) is 6.81. The molecule has 1 atom stereocenters. The number of carbonyl (C=O) groups is 1. The van der Waals surface area contributed by atoms with Crippen molar-refractivity contribution in [3.63, 3.8) is 0 Å². The Morgan fingerprint density at radius 2 is 2.05 bits per heavy atom. The van der Waals surface area contributed by atoms with Gasteiger partial charge in [0.1, 0.15) is 17.5 Å². The highest BCUT2D eigenvalue weighted by atomic mass is 32.1. The van der Waals surface area contributed by atoms with Crippen molar-refractivity contribution in [1.29, 1.82) is 0 Å². The highest BCUT2D eigenvalue weighted by Gasteiger charge is 2.21. The molecule has 0 saturated carbocycles. The Labute approximate surface area is 125 Å². The van der Waals surface area contributed by atoms with Gasteiger partial charge in [-0.3, -0.25) is 4.79 Å². The fourth-order valence-electron chi connectivity index (χ4n) is 2.02. The monoisotopic (exact) mass is 299 g/mol. The number of hydrogen-bond donors (Lipinski definition) is 2. The fraction of sp³-hybridized carbons (Fsp3) is 0.0667. The van der Waals surface area contributed by atoms with Gasteiger partial charge in [0.05, 0.1) is 6.26 Å². The molecule has 2 heterocycles. The number of benzene rings is 1. The van der Waals surface area contributed by atoms with E-state index in [4.69, 9.17) is 10.2 Å². The summed E-state index contributed by atoms with van der Waals surface area (Å²) in [7, 11) is 0. The minimum Gasteiger partial charge on any atom is -0.467 e. The van der Waals surface area contributed by atoms with E-state index < -0.39 is 0 Å². The second kappa shape index (κ2) is 5.80. The van der Waals surface area contributed by atoms with Gasteiger partial charge in [0.25, 0.3) is 5.91 Å². The van der Waals surface area contributed by atoms with Crippen molar-refractivity contribution in [2.24, 2.45) is 0 Å². The van der Waals surface area contributed by atoms with E-state index in [1.165, 1.54) is 11.3 Å². The molecule has 6 heteroatoms. The van der Waals surface area contributed by atoms with Crippen LogP contribution < -0.4 is 11.1 Å². The third-order valence-corrected chi connectivity index (χ3v) is 3.66. The molecule has 1 unspecified atom stereocenters. The average molecular weight is 299 g/mol. The van der Waals surface area contributed by atoms with Crippen molar-refractivity contribution >= 4 is 22.4 Å². The van der Waals surface area contributed by atoms with Crippen molar-refractivity contribution in [2.75, 3.05) is 5.73 Å². The molecule has 0 aliphatic heterocycles. The van der Waals surface area contributed by atoms with Crippen LogP contribution in [0.25, 0.3) is 0 Å². The number of carbonyl (C=O) groups excluding carboxylic acids is 1. The predicted molar refractivity (Wildman–Crippen MR) is 81.0 cm³/mol. The topological polar surface area (TPSA) is 81.1 Å². The molecule has 3 rings (SSSR count). The molecule has 0 radical (unpaired) electrons. The van der Waals surface area contributed by atoms with Gasteiger partial charge in [-0.25, -0.2) is 4.98 Å². The highest BCUT2D eigenvalue weighted by molar-refractivity contribution is 7.13. The highest BCUT2D eigenvalue weighted by Crippen LogP contribution is 2.23. The van der Waals surface area contributed by atoms with Gasteiger partial charge in [0.15, 0.2) is 5.13 Å². The lowest BCUT2D eigenvalue weighted by molar-refractivity contribution is 0.0934. The van der Waals surface area contributed by atoms with Crippen LogP contribution in [0.1, 0.15) is 27.9 Å². The standard InChI is InChI=1S/C15H13N3O2S/c16-15-17-11(9-21-15)14(19)18-13(12-7-4-8-20-12)10-5-2-1-3-6-10/h1-9,13H,(H2,16,17)(H,18,19). The summed E-state index contributed by atoms with van der Waals surface area (Å²) < 4.78 is 5.43. The summed E-state index contributed by atoms with van der Waals surface area (Å²) in [4.78, 5) is 16.3. The van der Waals surface area contributed by atoms with E-state index in [2.05, 4.69) is 10.3 Å². The van der Waals surface area contributed by atoms with E-state index >= 15 is 0 Å². The minimum absolute atomic E-state index is 0.284. The van der Waals surface area contributed by atoms with Gasteiger partial charge in [-0.1, -0.05) is 30.3 Å². The maximum atomic E-state index is 12.3. The first kappa shape index (κ1) is 13.4. The van der Waals surface area contributed by atoms with Crippen LogP contribution in [0.4, 0.5) is 5.13 Å². The quantitative estimate of drug-likeness (QED) is 0.776. The molecule has 3 N–H and O–H groups in total. The number of hydrogen-bond acceptors (Lipinski definition) is 5. The van der Waals surface area contributed by atoms with Crippen molar-refractivity contribution in [3.8, 4) is 0 Å². The van der Waals surface area contributed by atoms with Gasteiger partial charge in [-0.05, 0) is 17.7 Å². The van der Waals surface area contributed by atoms with Crippen molar-refractivity contribution in [3.05, 3.63) is 71.1 Å². The Morgan fingerprint density at radius 3 is 2.67 bits per heavy atom. The Balaban J connectivity index is 1.88. The van der Waals surface area contributed by atoms with Gasteiger partial charge in [-0.2, -0.15) is 0 Å². The SMILES string of the molecule is Nc1nc(C(=O)NC(c2ccccc2)c2ccco2)cs1. The zero-order chi connectivity index (χ0) is 14.7. The van der Waals surface area contributed by atoms with Gasteiger partial charge < -0.3 is 15.5 Å². The summed E-state index contributed by atoms with van der Waals surface area (Å²) in [5, 5.41) is 4.92. The zero-order valence-electron chi connectivity index (χ0n) is 11.0. The van der Waals surface area contributed by atoms with E-state index in [0.29, 0.717) is 16.6 Å². The molecule has 5 nitrogen and oxygen atoms in total. The largest absolute Gasteiger partial charge is 0.467 e. The Bertz CT molecular complexity index is 722. The van der Waals surface area contributed by atoms with Crippen LogP contribution in [0.2, 0.25) is 0 Å². The van der Waals surface area contributed by atoms with Crippen LogP contribution in [0.15, 0.2) is 58.5 Å². The molecule has 0 aliphatic carbocycles. The van der Waals surface area contributed by atoms with Crippen LogP contribution >= 0.6 is 11.3 Å². The number of aromatic nitrogens is 1. The second-order valence-electron chi connectivity index (χ2n) is 4.40. The number of anilines is 1. The van der Waals surface area contributed by atoms with Crippen LogP contribution in [0.5, 0.6) is 0 Å². The van der Waals surface area contributed by atoms with Crippen LogP contribution in [-0.2, 0) is 0 Å². The number of amides is 1. The number of nitrogens with zero attached hydrogens (tertiary/aromatic N) is 1. The molecule has 3 aromatic rings. The minimum atomic E-state index is -0.364. The van der Waals surface area contributed by atoms with E-state index in [-0.39, 0.29) is 11.9 Å².